The van der Waals surface area contributed by atoms with Gasteiger partial charge in [-0.1, -0.05) is 0 Å². The van der Waals surface area contributed by atoms with Crippen LogP contribution < -0.4 is 0 Å². The zero-order valence-electron chi connectivity index (χ0n) is 6.69. The summed E-state index contributed by atoms with van der Waals surface area (Å²) in [5.41, 5.74) is 0. The Hall–Kier alpha value is -0.740. The standard InChI is InChI=1S/C7H10F3NO/c1-11-5(7(8,9)10)3-2-4-6(11)12/h5H,2-4H2,1H3/t5-/m0/s1. The molecule has 0 aromatic carbocycles. The third-order valence-corrected chi connectivity index (χ3v) is 2.11. The van der Waals surface area contributed by atoms with E-state index in [1.54, 1.807) is 0 Å². The minimum Gasteiger partial charge on any atom is -0.334 e. The minimum atomic E-state index is -4.27. The van der Waals surface area contributed by atoms with Crippen molar-refractivity contribution in [2.75, 3.05) is 7.05 Å². The molecule has 1 aliphatic rings. The average molecular weight is 181 g/mol. The lowest BCUT2D eigenvalue weighted by molar-refractivity contribution is -0.192. The molecule has 1 saturated heterocycles. The summed E-state index contributed by atoms with van der Waals surface area (Å²) in [7, 11) is 1.21. The molecule has 0 radical (unpaired) electrons. The van der Waals surface area contributed by atoms with E-state index in [0.29, 0.717) is 6.42 Å². The van der Waals surface area contributed by atoms with Gasteiger partial charge in [0.2, 0.25) is 5.91 Å². The molecule has 0 N–H and O–H groups in total. The molecule has 0 aromatic rings. The SMILES string of the molecule is CN1C(=O)CCC[C@H]1C(F)(F)F. The molecule has 0 saturated carbocycles. The predicted octanol–water partition coefficient (Wildman–Crippen LogP) is 1.56. The molecule has 0 spiro atoms. The zero-order chi connectivity index (χ0) is 9.35. The molecule has 0 unspecified atom stereocenters. The molecule has 1 rings (SSSR count). The number of carbonyl (C=O) groups is 1. The van der Waals surface area contributed by atoms with Gasteiger partial charge in [0.25, 0.3) is 0 Å². The first-order valence-electron chi connectivity index (χ1n) is 3.75. The number of amides is 1. The number of carbonyl (C=O) groups excluding carboxylic acids is 1. The topological polar surface area (TPSA) is 20.3 Å². The van der Waals surface area contributed by atoms with Crippen LogP contribution in [0.15, 0.2) is 0 Å². The van der Waals surface area contributed by atoms with Gasteiger partial charge >= 0.3 is 6.18 Å². The van der Waals surface area contributed by atoms with Crippen LogP contribution in [0, 0.1) is 0 Å². The van der Waals surface area contributed by atoms with E-state index in [2.05, 4.69) is 0 Å². The molecule has 0 aromatic heterocycles. The summed E-state index contributed by atoms with van der Waals surface area (Å²) in [4.78, 5) is 11.7. The van der Waals surface area contributed by atoms with E-state index >= 15 is 0 Å². The summed E-state index contributed by atoms with van der Waals surface area (Å²) in [5.74, 6) is -0.413. The molecule has 70 valence electrons. The summed E-state index contributed by atoms with van der Waals surface area (Å²) < 4.78 is 36.5. The monoisotopic (exact) mass is 181 g/mol. The highest BCUT2D eigenvalue weighted by Crippen LogP contribution is 2.30. The second kappa shape index (κ2) is 2.95. The highest BCUT2D eigenvalue weighted by atomic mass is 19.4. The van der Waals surface area contributed by atoms with E-state index < -0.39 is 18.1 Å². The molecule has 1 amide bonds. The Morgan fingerprint density at radius 2 is 2.08 bits per heavy atom. The quantitative estimate of drug-likeness (QED) is 0.555. The lowest BCUT2D eigenvalue weighted by atomic mass is 10.0. The maximum atomic E-state index is 12.2. The van der Waals surface area contributed by atoms with Crippen LogP contribution in [0.25, 0.3) is 0 Å². The van der Waals surface area contributed by atoms with Crippen LogP contribution in [-0.4, -0.2) is 30.1 Å². The molecule has 1 fully saturated rings. The Labute approximate surface area is 68.3 Å². The fraction of sp³-hybridized carbons (Fsp3) is 0.857. The van der Waals surface area contributed by atoms with E-state index in [9.17, 15) is 18.0 Å². The van der Waals surface area contributed by atoms with Crippen LogP contribution in [0.4, 0.5) is 13.2 Å². The second-order valence-corrected chi connectivity index (χ2v) is 2.95. The lowest BCUT2D eigenvalue weighted by Crippen LogP contribution is -2.49. The number of hydrogen-bond acceptors (Lipinski definition) is 1. The molecule has 2 nitrogen and oxygen atoms in total. The van der Waals surface area contributed by atoms with Crippen molar-refractivity contribution in [2.45, 2.75) is 31.5 Å². The van der Waals surface area contributed by atoms with E-state index in [1.165, 1.54) is 7.05 Å². The van der Waals surface area contributed by atoms with Crippen molar-refractivity contribution in [1.82, 2.24) is 4.90 Å². The first kappa shape index (κ1) is 9.35. The van der Waals surface area contributed by atoms with Gasteiger partial charge in [0, 0.05) is 13.5 Å². The fourth-order valence-electron chi connectivity index (χ4n) is 1.37. The normalized spacial score (nSPS) is 26.2. The van der Waals surface area contributed by atoms with Crippen molar-refractivity contribution in [3.05, 3.63) is 0 Å². The van der Waals surface area contributed by atoms with Crippen molar-refractivity contribution < 1.29 is 18.0 Å². The Kier molecular flexibility index (Phi) is 2.30. The van der Waals surface area contributed by atoms with Gasteiger partial charge in [0.1, 0.15) is 6.04 Å². The van der Waals surface area contributed by atoms with Crippen molar-refractivity contribution >= 4 is 5.91 Å². The molecule has 1 atom stereocenters. The molecular weight excluding hydrogens is 171 g/mol. The maximum absolute atomic E-state index is 12.2. The summed E-state index contributed by atoms with van der Waals surface area (Å²) in [6, 6.07) is -1.57. The largest absolute Gasteiger partial charge is 0.408 e. The number of rotatable bonds is 0. The number of nitrogens with zero attached hydrogens (tertiary/aromatic N) is 1. The average Bonchev–Trinajstić information content (AvgIpc) is 1.92. The van der Waals surface area contributed by atoms with Gasteiger partial charge in [-0.3, -0.25) is 4.79 Å². The molecule has 0 bridgehead atoms. The van der Waals surface area contributed by atoms with Crippen molar-refractivity contribution in [3.8, 4) is 0 Å². The molecular formula is C7H10F3NO. The molecule has 12 heavy (non-hydrogen) atoms. The fourth-order valence-corrected chi connectivity index (χ4v) is 1.37. The highest BCUT2D eigenvalue weighted by Gasteiger charge is 2.45. The van der Waals surface area contributed by atoms with Gasteiger partial charge in [-0.15, -0.1) is 0 Å². The highest BCUT2D eigenvalue weighted by molar-refractivity contribution is 5.77. The van der Waals surface area contributed by atoms with Crippen LogP contribution in [0.5, 0.6) is 0 Å². The number of likely N-dealkylation sites (tertiary alicyclic amines) is 1. The van der Waals surface area contributed by atoms with Crippen molar-refractivity contribution in [2.24, 2.45) is 0 Å². The third kappa shape index (κ3) is 1.70. The van der Waals surface area contributed by atoms with Crippen LogP contribution >= 0.6 is 0 Å². The summed E-state index contributed by atoms with van der Waals surface area (Å²) in [6.45, 7) is 0. The van der Waals surface area contributed by atoms with E-state index in [4.69, 9.17) is 0 Å². The summed E-state index contributed by atoms with van der Waals surface area (Å²) >= 11 is 0. The first-order valence-corrected chi connectivity index (χ1v) is 3.75. The smallest absolute Gasteiger partial charge is 0.334 e. The predicted molar refractivity (Wildman–Crippen MR) is 36.5 cm³/mol. The Morgan fingerprint density at radius 3 is 2.50 bits per heavy atom. The lowest BCUT2D eigenvalue weighted by Gasteiger charge is -2.33. The Balaban J connectivity index is 2.70. The maximum Gasteiger partial charge on any atom is 0.408 e. The second-order valence-electron chi connectivity index (χ2n) is 2.95. The van der Waals surface area contributed by atoms with Gasteiger partial charge in [-0.25, -0.2) is 0 Å². The van der Waals surface area contributed by atoms with Crippen molar-refractivity contribution in [3.63, 3.8) is 0 Å². The molecule has 1 heterocycles. The number of piperidine rings is 1. The molecule has 5 heteroatoms. The number of halogens is 3. The van der Waals surface area contributed by atoms with Crippen LogP contribution in [0.1, 0.15) is 19.3 Å². The Bertz CT molecular complexity index is 190. The van der Waals surface area contributed by atoms with Gasteiger partial charge in [-0.2, -0.15) is 13.2 Å². The van der Waals surface area contributed by atoms with Crippen LogP contribution in [-0.2, 0) is 4.79 Å². The number of alkyl halides is 3. The van der Waals surface area contributed by atoms with E-state index in [1.807, 2.05) is 0 Å². The van der Waals surface area contributed by atoms with Crippen LogP contribution in [0.2, 0.25) is 0 Å². The minimum absolute atomic E-state index is 0.0335. The summed E-state index contributed by atoms with van der Waals surface area (Å²) in [6.07, 6.45) is -3.66. The van der Waals surface area contributed by atoms with E-state index in [-0.39, 0.29) is 12.8 Å². The number of hydrogen-bond donors (Lipinski definition) is 0. The van der Waals surface area contributed by atoms with Gasteiger partial charge in [0.15, 0.2) is 0 Å². The Morgan fingerprint density at radius 1 is 1.50 bits per heavy atom. The van der Waals surface area contributed by atoms with Crippen LogP contribution in [0.3, 0.4) is 0 Å². The summed E-state index contributed by atoms with van der Waals surface area (Å²) in [5, 5.41) is 0. The van der Waals surface area contributed by atoms with Gasteiger partial charge in [-0.05, 0) is 12.8 Å². The zero-order valence-corrected chi connectivity index (χ0v) is 6.69. The third-order valence-electron chi connectivity index (χ3n) is 2.11. The van der Waals surface area contributed by atoms with Gasteiger partial charge in [0.05, 0.1) is 0 Å². The molecule has 0 aliphatic carbocycles. The van der Waals surface area contributed by atoms with E-state index in [0.717, 1.165) is 4.90 Å². The van der Waals surface area contributed by atoms with Crippen molar-refractivity contribution in [1.29, 1.82) is 0 Å². The first-order chi connectivity index (χ1) is 5.43. The molecule has 1 aliphatic heterocycles. The van der Waals surface area contributed by atoms with Gasteiger partial charge < -0.3 is 4.90 Å².